The maximum absolute atomic E-state index is 12.3. The van der Waals surface area contributed by atoms with Crippen LogP contribution in [-0.4, -0.2) is 18.1 Å². The summed E-state index contributed by atoms with van der Waals surface area (Å²) < 4.78 is 7.14. The predicted octanol–water partition coefficient (Wildman–Crippen LogP) is 5.26. The molecule has 0 saturated heterocycles. The molecule has 136 valence electrons. The van der Waals surface area contributed by atoms with Gasteiger partial charge in [0.2, 0.25) is 0 Å². The van der Waals surface area contributed by atoms with E-state index in [1.54, 1.807) is 54.6 Å². The SMILES string of the molecule is O=C(Oc1ccc(Br)cc1/C=N/NC(=O)c1cccs1)c1ccc(Br)cc1. The minimum absolute atomic E-state index is 0.301. The molecule has 0 fully saturated rings. The molecule has 0 aliphatic carbocycles. The van der Waals surface area contributed by atoms with Gasteiger partial charge >= 0.3 is 5.97 Å². The maximum Gasteiger partial charge on any atom is 0.343 e. The number of esters is 1. The molecular weight excluding hydrogens is 496 g/mol. The summed E-state index contributed by atoms with van der Waals surface area (Å²) in [7, 11) is 0. The summed E-state index contributed by atoms with van der Waals surface area (Å²) in [5, 5.41) is 5.77. The molecule has 5 nitrogen and oxygen atoms in total. The predicted molar refractivity (Wildman–Crippen MR) is 113 cm³/mol. The summed E-state index contributed by atoms with van der Waals surface area (Å²) in [6.07, 6.45) is 1.43. The molecule has 0 unspecified atom stereocenters. The summed E-state index contributed by atoms with van der Waals surface area (Å²) in [4.78, 5) is 24.8. The number of ether oxygens (including phenoxy) is 1. The Morgan fingerprint density at radius 1 is 1.04 bits per heavy atom. The van der Waals surface area contributed by atoms with Gasteiger partial charge in [0.05, 0.1) is 16.7 Å². The summed E-state index contributed by atoms with van der Waals surface area (Å²) in [6.45, 7) is 0. The molecule has 2 aromatic carbocycles. The van der Waals surface area contributed by atoms with E-state index >= 15 is 0 Å². The number of rotatable bonds is 5. The number of nitrogens with one attached hydrogen (secondary N) is 1. The molecule has 1 heterocycles. The van der Waals surface area contributed by atoms with E-state index in [1.807, 2.05) is 5.38 Å². The van der Waals surface area contributed by atoms with Crippen LogP contribution in [0.25, 0.3) is 0 Å². The molecule has 0 radical (unpaired) electrons. The Morgan fingerprint density at radius 2 is 1.78 bits per heavy atom. The van der Waals surface area contributed by atoms with Crippen LogP contribution in [0.15, 0.2) is 74.0 Å². The molecular formula is C19H12Br2N2O3S. The van der Waals surface area contributed by atoms with Gasteiger partial charge in [-0.25, -0.2) is 10.2 Å². The first-order chi connectivity index (χ1) is 13.0. The van der Waals surface area contributed by atoms with Crippen molar-refractivity contribution in [2.75, 3.05) is 0 Å². The Hall–Kier alpha value is -2.29. The van der Waals surface area contributed by atoms with Crippen molar-refractivity contribution in [3.05, 3.63) is 84.9 Å². The molecule has 3 aromatic rings. The molecule has 1 amide bonds. The van der Waals surface area contributed by atoms with Gasteiger partial charge in [-0.1, -0.05) is 37.9 Å². The van der Waals surface area contributed by atoms with Crippen LogP contribution in [0.4, 0.5) is 0 Å². The monoisotopic (exact) mass is 506 g/mol. The van der Waals surface area contributed by atoms with Gasteiger partial charge in [0, 0.05) is 14.5 Å². The number of hydrazone groups is 1. The summed E-state index contributed by atoms with van der Waals surface area (Å²) in [5.74, 6) is -0.452. The van der Waals surface area contributed by atoms with Gasteiger partial charge in [-0.05, 0) is 53.9 Å². The topological polar surface area (TPSA) is 67.8 Å². The fraction of sp³-hybridized carbons (Fsp3) is 0. The Balaban J connectivity index is 1.74. The average molecular weight is 508 g/mol. The zero-order chi connectivity index (χ0) is 19.2. The van der Waals surface area contributed by atoms with Crippen molar-refractivity contribution in [1.82, 2.24) is 5.43 Å². The lowest BCUT2D eigenvalue weighted by molar-refractivity contribution is 0.0734. The second kappa shape index (κ2) is 9.07. The number of hydrogen-bond donors (Lipinski definition) is 1. The summed E-state index contributed by atoms with van der Waals surface area (Å²) in [5.41, 5.74) is 3.42. The van der Waals surface area contributed by atoms with Crippen LogP contribution in [0.3, 0.4) is 0 Å². The lowest BCUT2D eigenvalue weighted by atomic mass is 10.2. The van der Waals surface area contributed by atoms with Crippen molar-refractivity contribution in [2.45, 2.75) is 0 Å². The highest BCUT2D eigenvalue weighted by Crippen LogP contribution is 2.23. The van der Waals surface area contributed by atoms with Crippen molar-refractivity contribution in [1.29, 1.82) is 0 Å². The van der Waals surface area contributed by atoms with Crippen LogP contribution in [-0.2, 0) is 0 Å². The fourth-order valence-electron chi connectivity index (χ4n) is 2.08. The number of carbonyl (C=O) groups is 2. The maximum atomic E-state index is 12.3. The number of nitrogens with zero attached hydrogens (tertiary/aromatic N) is 1. The lowest BCUT2D eigenvalue weighted by Crippen LogP contribution is -2.16. The molecule has 1 N–H and O–H groups in total. The van der Waals surface area contributed by atoms with Crippen LogP contribution in [0.2, 0.25) is 0 Å². The Bertz CT molecular complexity index is 987. The van der Waals surface area contributed by atoms with E-state index in [0.717, 1.165) is 8.95 Å². The number of amides is 1. The number of benzene rings is 2. The minimum atomic E-state index is -0.484. The van der Waals surface area contributed by atoms with Crippen LogP contribution < -0.4 is 10.2 Å². The van der Waals surface area contributed by atoms with Gasteiger partial charge in [0.1, 0.15) is 5.75 Å². The first-order valence-electron chi connectivity index (χ1n) is 7.67. The standard InChI is InChI=1S/C19H12Br2N2O3S/c20-14-5-3-12(4-6-14)19(25)26-16-8-7-15(21)10-13(16)11-22-23-18(24)17-2-1-9-27-17/h1-11H,(H,23,24)/b22-11+. The fourth-order valence-corrected chi connectivity index (χ4v) is 3.34. The average Bonchev–Trinajstić information content (AvgIpc) is 3.19. The van der Waals surface area contributed by atoms with Crippen LogP contribution in [0, 0.1) is 0 Å². The highest BCUT2D eigenvalue weighted by molar-refractivity contribution is 9.10. The van der Waals surface area contributed by atoms with Crippen molar-refractivity contribution in [3.63, 3.8) is 0 Å². The zero-order valence-corrected chi connectivity index (χ0v) is 17.7. The van der Waals surface area contributed by atoms with E-state index < -0.39 is 5.97 Å². The van der Waals surface area contributed by atoms with Crippen LogP contribution >= 0.6 is 43.2 Å². The molecule has 0 aliphatic heterocycles. The largest absolute Gasteiger partial charge is 0.422 e. The van der Waals surface area contributed by atoms with E-state index in [2.05, 4.69) is 42.4 Å². The van der Waals surface area contributed by atoms with Crippen LogP contribution in [0.5, 0.6) is 5.75 Å². The lowest BCUT2D eigenvalue weighted by Gasteiger charge is -2.08. The second-order valence-electron chi connectivity index (χ2n) is 5.25. The number of hydrogen-bond acceptors (Lipinski definition) is 5. The number of thiophene rings is 1. The van der Waals surface area contributed by atoms with E-state index in [9.17, 15) is 9.59 Å². The molecule has 0 aliphatic rings. The van der Waals surface area contributed by atoms with Crippen molar-refractivity contribution in [3.8, 4) is 5.75 Å². The molecule has 1 aromatic heterocycles. The van der Waals surface area contributed by atoms with Gasteiger partial charge in [0.25, 0.3) is 5.91 Å². The van der Waals surface area contributed by atoms with E-state index in [-0.39, 0.29) is 5.91 Å². The minimum Gasteiger partial charge on any atom is -0.422 e. The Morgan fingerprint density at radius 3 is 2.48 bits per heavy atom. The normalized spacial score (nSPS) is 10.7. The molecule has 0 atom stereocenters. The van der Waals surface area contributed by atoms with Crippen molar-refractivity contribution >= 4 is 61.3 Å². The second-order valence-corrected chi connectivity index (χ2v) is 8.03. The molecule has 0 bridgehead atoms. The Labute approximate surface area is 176 Å². The highest BCUT2D eigenvalue weighted by atomic mass is 79.9. The third kappa shape index (κ3) is 5.35. The molecule has 0 saturated carbocycles. The molecule has 0 spiro atoms. The Kier molecular flexibility index (Phi) is 6.54. The van der Waals surface area contributed by atoms with Crippen molar-refractivity contribution in [2.24, 2.45) is 5.10 Å². The van der Waals surface area contributed by atoms with Crippen molar-refractivity contribution < 1.29 is 14.3 Å². The van der Waals surface area contributed by atoms with Crippen LogP contribution in [0.1, 0.15) is 25.6 Å². The summed E-state index contributed by atoms with van der Waals surface area (Å²) in [6, 6.07) is 15.5. The summed E-state index contributed by atoms with van der Waals surface area (Å²) >= 11 is 8.03. The van der Waals surface area contributed by atoms with Gasteiger partial charge in [-0.15, -0.1) is 11.3 Å². The molecule has 27 heavy (non-hydrogen) atoms. The third-order valence-electron chi connectivity index (χ3n) is 3.37. The molecule has 8 heteroatoms. The van der Waals surface area contributed by atoms with Gasteiger partial charge in [-0.3, -0.25) is 4.79 Å². The van der Waals surface area contributed by atoms with E-state index in [1.165, 1.54) is 17.6 Å². The number of halogens is 2. The highest BCUT2D eigenvalue weighted by Gasteiger charge is 2.12. The third-order valence-corrected chi connectivity index (χ3v) is 5.26. The molecule has 3 rings (SSSR count). The zero-order valence-electron chi connectivity index (χ0n) is 13.7. The van der Waals surface area contributed by atoms with E-state index in [0.29, 0.717) is 21.8 Å². The van der Waals surface area contributed by atoms with E-state index in [4.69, 9.17) is 4.74 Å². The van der Waals surface area contributed by atoms with Gasteiger partial charge in [-0.2, -0.15) is 5.10 Å². The number of carbonyl (C=O) groups excluding carboxylic acids is 2. The quantitative estimate of drug-likeness (QED) is 0.222. The smallest absolute Gasteiger partial charge is 0.343 e. The van der Waals surface area contributed by atoms with Gasteiger partial charge in [0.15, 0.2) is 0 Å². The first kappa shape index (κ1) is 19.5. The first-order valence-corrected chi connectivity index (χ1v) is 10.1. The van der Waals surface area contributed by atoms with Gasteiger partial charge < -0.3 is 4.74 Å².